The van der Waals surface area contributed by atoms with Gasteiger partial charge in [0.1, 0.15) is 11.4 Å². The van der Waals surface area contributed by atoms with E-state index in [9.17, 15) is 9.90 Å². The Hall–Kier alpha value is -0.780. The molecule has 4 aliphatic rings. The Morgan fingerprint density at radius 1 is 1.31 bits per heavy atom. The molecule has 0 saturated heterocycles. The Kier molecular flexibility index (Phi) is 4.26. The van der Waals surface area contributed by atoms with E-state index in [2.05, 4.69) is 48.9 Å². The monoisotopic (exact) mass is 481 g/mol. The summed E-state index contributed by atoms with van der Waals surface area (Å²) in [7, 11) is 0. The van der Waals surface area contributed by atoms with Crippen LogP contribution in [0, 0.1) is 22.7 Å². The van der Waals surface area contributed by atoms with E-state index in [0.29, 0.717) is 35.4 Å². The first-order valence-corrected chi connectivity index (χ1v) is 12.0. The van der Waals surface area contributed by atoms with E-state index in [1.165, 1.54) is 0 Å². The maximum atomic E-state index is 12.4. The smallest absolute Gasteiger partial charge is 0.253 e. The minimum atomic E-state index is -0.479. The van der Waals surface area contributed by atoms with E-state index in [-0.39, 0.29) is 21.6 Å². The molecule has 1 aromatic carbocycles. The predicted molar refractivity (Wildman–Crippen MR) is 117 cm³/mol. The van der Waals surface area contributed by atoms with Crippen LogP contribution in [0.3, 0.4) is 0 Å². The molecule has 0 radical (unpaired) electrons. The van der Waals surface area contributed by atoms with Gasteiger partial charge in [0, 0.05) is 34.7 Å². The standard InChI is InChI=1S/C23H29BrClNO3/c1-11-5-6-16-21(2,3)19(24)15(27)9-23(16)22(11,4)8-12-7-14(25)17-13(18(12)29-23)10-26-20(17)28/h7,11,15-16,19,27H,5-6,8-10H2,1-4H3,(H,26,28)/t11-,15+,16-,19-,22+,23-/m0/s1. The van der Waals surface area contributed by atoms with Crippen molar-refractivity contribution in [1.82, 2.24) is 5.32 Å². The van der Waals surface area contributed by atoms with Gasteiger partial charge in [-0.05, 0) is 42.2 Å². The molecule has 1 spiro atoms. The van der Waals surface area contributed by atoms with Crippen LogP contribution in [0.15, 0.2) is 6.07 Å². The molecule has 2 fully saturated rings. The van der Waals surface area contributed by atoms with Crippen LogP contribution in [-0.4, -0.2) is 27.5 Å². The summed E-state index contributed by atoms with van der Waals surface area (Å²) in [5.74, 6) is 1.48. The van der Waals surface area contributed by atoms with Gasteiger partial charge in [0.05, 0.1) is 16.7 Å². The molecular formula is C23H29BrClNO3. The van der Waals surface area contributed by atoms with Crippen LogP contribution in [0.25, 0.3) is 0 Å². The highest BCUT2D eigenvalue weighted by Gasteiger charge is 2.69. The number of aliphatic hydroxyl groups is 1. The molecule has 4 nitrogen and oxygen atoms in total. The second-order valence-corrected chi connectivity index (χ2v) is 11.9. The van der Waals surface area contributed by atoms with Gasteiger partial charge >= 0.3 is 0 Å². The quantitative estimate of drug-likeness (QED) is 0.519. The lowest BCUT2D eigenvalue weighted by Crippen LogP contribution is -2.72. The van der Waals surface area contributed by atoms with Gasteiger partial charge in [-0.3, -0.25) is 4.79 Å². The van der Waals surface area contributed by atoms with Crippen molar-refractivity contribution in [2.75, 3.05) is 0 Å². The molecule has 6 heteroatoms. The average Bonchev–Trinajstić information content (AvgIpc) is 3.03. The van der Waals surface area contributed by atoms with Gasteiger partial charge in [0.25, 0.3) is 5.91 Å². The largest absolute Gasteiger partial charge is 0.486 e. The molecule has 2 N–H and O–H groups in total. The first-order valence-electron chi connectivity index (χ1n) is 10.7. The van der Waals surface area contributed by atoms with Crippen molar-refractivity contribution in [2.24, 2.45) is 22.7 Å². The molecule has 6 atom stereocenters. The lowest BCUT2D eigenvalue weighted by atomic mass is 9.44. The molecule has 2 aliphatic heterocycles. The van der Waals surface area contributed by atoms with E-state index < -0.39 is 11.7 Å². The van der Waals surface area contributed by atoms with E-state index in [1.54, 1.807) is 0 Å². The lowest BCUT2D eigenvalue weighted by Gasteiger charge is -2.67. The number of hydrogen-bond donors (Lipinski definition) is 2. The van der Waals surface area contributed by atoms with Crippen LogP contribution in [0.2, 0.25) is 5.02 Å². The molecule has 5 rings (SSSR count). The highest BCUT2D eigenvalue weighted by Crippen LogP contribution is 2.67. The third-order valence-electron chi connectivity index (χ3n) is 8.87. The number of amides is 1. The van der Waals surface area contributed by atoms with Gasteiger partial charge < -0.3 is 15.2 Å². The number of halogens is 2. The summed E-state index contributed by atoms with van der Waals surface area (Å²) in [6, 6.07) is 1.94. The summed E-state index contributed by atoms with van der Waals surface area (Å²) < 4.78 is 7.07. The van der Waals surface area contributed by atoms with Crippen molar-refractivity contribution in [3.8, 4) is 5.75 Å². The highest BCUT2D eigenvalue weighted by atomic mass is 79.9. The third-order valence-corrected chi connectivity index (χ3v) is 11.0. The molecule has 29 heavy (non-hydrogen) atoms. The van der Waals surface area contributed by atoms with Crippen LogP contribution in [0.5, 0.6) is 5.75 Å². The van der Waals surface area contributed by atoms with E-state index in [1.807, 2.05) is 6.07 Å². The summed E-state index contributed by atoms with van der Waals surface area (Å²) >= 11 is 10.3. The molecule has 2 aliphatic carbocycles. The number of benzene rings is 1. The maximum absolute atomic E-state index is 12.4. The van der Waals surface area contributed by atoms with Crippen molar-refractivity contribution >= 4 is 33.4 Å². The second kappa shape index (κ2) is 6.14. The number of rotatable bonds is 0. The van der Waals surface area contributed by atoms with Crippen LogP contribution >= 0.6 is 27.5 Å². The molecule has 0 bridgehead atoms. The number of hydrogen-bond acceptors (Lipinski definition) is 3. The first-order chi connectivity index (χ1) is 13.5. The van der Waals surface area contributed by atoms with Crippen molar-refractivity contribution in [3.05, 3.63) is 27.8 Å². The number of carbonyl (C=O) groups excluding carboxylic acids is 1. The van der Waals surface area contributed by atoms with Crippen LogP contribution in [-0.2, 0) is 13.0 Å². The SMILES string of the molecule is C[C@H]1CC[C@H]2C(C)(C)[C@@H](Br)[C@H](O)C[C@]23Oc2c(cc(Cl)c4c2CNC4=O)C[C@]13C. The minimum Gasteiger partial charge on any atom is -0.486 e. The van der Waals surface area contributed by atoms with Crippen molar-refractivity contribution in [2.45, 2.75) is 76.5 Å². The number of fused-ring (bicyclic) bond motifs is 3. The zero-order valence-corrected chi connectivity index (χ0v) is 19.8. The number of alkyl halides is 1. The Labute approximate surface area is 185 Å². The Bertz CT molecular complexity index is 918. The topological polar surface area (TPSA) is 58.6 Å². The average molecular weight is 483 g/mol. The highest BCUT2D eigenvalue weighted by molar-refractivity contribution is 9.09. The van der Waals surface area contributed by atoms with Gasteiger partial charge in [0.15, 0.2) is 0 Å². The van der Waals surface area contributed by atoms with E-state index >= 15 is 0 Å². The Morgan fingerprint density at radius 3 is 2.76 bits per heavy atom. The summed E-state index contributed by atoms with van der Waals surface area (Å²) in [5.41, 5.74) is 1.86. The van der Waals surface area contributed by atoms with Gasteiger partial charge in [-0.1, -0.05) is 55.2 Å². The minimum absolute atomic E-state index is 0.0347. The summed E-state index contributed by atoms with van der Waals surface area (Å²) in [6.45, 7) is 9.64. The van der Waals surface area contributed by atoms with Crippen molar-refractivity contribution < 1.29 is 14.6 Å². The number of aliphatic hydroxyl groups excluding tert-OH is 1. The van der Waals surface area contributed by atoms with Gasteiger partial charge in [-0.25, -0.2) is 0 Å². The number of carbonyl (C=O) groups is 1. The molecule has 2 saturated carbocycles. The van der Waals surface area contributed by atoms with Crippen LogP contribution in [0.1, 0.15) is 68.4 Å². The first kappa shape index (κ1) is 20.1. The predicted octanol–water partition coefficient (Wildman–Crippen LogP) is 4.86. The van der Waals surface area contributed by atoms with Crippen LogP contribution < -0.4 is 10.1 Å². The van der Waals surface area contributed by atoms with Crippen molar-refractivity contribution in [1.29, 1.82) is 0 Å². The maximum Gasteiger partial charge on any atom is 0.253 e. The Balaban J connectivity index is 1.74. The number of nitrogens with one attached hydrogen (secondary N) is 1. The Morgan fingerprint density at radius 2 is 2.03 bits per heavy atom. The van der Waals surface area contributed by atoms with Gasteiger partial charge in [0.2, 0.25) is 0 Å². The molecule has 2 heterocycles. The fraction of sp³-hybridized carbons (Fsp3) is 0.696. The summed E-state index contributed by atoms with van der Waals surface area (Å²) in [5, 5.41) is 14.5. The molecule has 158 valence electrons. The zero-order chi connectivity index (χ0) is 20.9. The molecule has 1 amide bonds. The third kappa shape index (κ3) is 2.38. The molecule has 0 unspecified atom stereocenters. The summed E-state index contributed by atoms with van der Waals surface area (Å²) in [4.78, 5) is 12.4. The molecule has 1 aromatic rings. The van der Waals surface area contributed by atoms with Crippen LogP contribution in [0.4, 0.5) is 0 Å². The van der Waals surface area contributed by atoms with Gasteiger partial charge in [-0.15, -0.1) is 0 Å². The van der Waals surface area contributed by atoms with E-state index in [4.69, 9.17) is 16.3 Å². The second-order valence-electron chi connectivity index (χ2n) is 10.5. The van der Waals surface area contributed by atoms with E-state index in [0.717, 1.165) is 36.1 Å². The van der Waals surface area contributed by atoms with Gasteiger partial charge in [-0.2, -0.15) is 0 Å². The zero-order valence-electron chi connectivity index (χ0n) is 17.4. The fourth-order valence-electron chi connectivity index (χ4n) is 7.04. The summed E-state index contributed by atoms with van der Waals surface area (Å²) in [6.07, 6.45) is 3.22. The lowest BCUT2D eigenvalue weighted by molar-refractivity contribution is -0.226. The van der Waals surface area contributed by atoms with Crippen molar-refractivity contribution in [3.63, 3.8) is 0 Å². The fourth-order valence-corrected chi connectivity index (χ4v) is 7.87. The molecule has 0 aromatic heterocycles. The normalized spacial score (nSPS) is 42.1. The number of ether oxygens (including phenoxy) is 1. The molecular weight excluding hydrogens is 454 g/mol.